The fourth-order valence-corrected chi connectivity index (χ4v) is 4.42. The summed E-state index contributed by atoms with van der Waals surface area (Å²) in [7, 11) is 0. The average Bonchev–Trinajstić information content (AvgIpc) is 3.44. The van der Waals surface area contributed by atoms with Crippen molar-refractivity contribution in [2.45, 2.75) is 37.8 Å². The van der Waals surface area contributed by atoms with E-state index in [-0.39, 0.29) is 37.3 Å². The maximum absolute atomic E-state index is 13.1. The Hall–Kier alpha value is -4.96. The number of carbonyl (C=O) groups excluding carboxylic acids is 3. The summed E-state index contributed by atoms with van der Waals surface area (Å²) in [4.78, 5) is 49.5. The van der Waals surface area contributed by atoms with Gasteiger partial charge in [0.25, 0.3) is 5.91 Å². The van der Waals surface area contributed by atoms with Crippen molar-refractivity contribution in [3.63, 3.8) is 0 Å². The Morgan fingerprint density at radius 2 is 1.48 bits per heavy atom. The number of aliphatic hydroxyl groups excluding tert-OH is 1. The topological polar surface area (TPSA) is 158 Å². The quantitative estimate of drug-likeness (QED) is 0.146. The van der Waals surface area contributed by atoms with Gasteiger partial charge in [-0.25, -0.2) is 4.79 Å². The minimum Gasteiger partial charge on any atom is -0.478 e. The maximum Gasteiger partial charge on any atom is 0.335 e. The van der Waals surface area contributed by atoms with E-state index in [4.69, 9.17) is 9.52 Å². The van der Waals surface area contributed by atoms with E-state index < -0.39 is 35.8 Å². The molecule has 3 aromatic carbocycles. The number of carboxylic acid groups (broad SMARTS) is 1. The van der Waals surface area contributed by atoms with Gasteiger partial charge >= 0.3 is 5.97 Å². The number of furan rings is 1. The molecule has 0 aliphatic carbocycles. The molecule has 0 saturated carbocycles. The fourth-order valence-electron chi connectivity index (χ4n) is 4.42. The van der Waals surface area contributed by atoms with E-state index in [9.17, 15) is 24.3 Å². The second-order valence-corrected chi connectivity index (χ2v) is 9.86. The van der Waals surface area contributed by atoms with E-state index in [1.54, 1.807) is 30.3 Å². The van der Waals surface area contributed by atoms with Crippen LogP contribution in [-0.2, 0) is 22.4 Å². The standard InChI is InChI=1S/C32H33N3O7/c36-26(19-22-7-2-1-3-8-22)30(38)33-17-6-10-25(35-31(39)28-20-24-9-4-5-11-27(24)42-28)29(37)34-18-16-21-12-14-23(15-13-21)32(40)41/h1-5,7-9,11-15,20,25-26,36H,6,10,16-19H2,(H,33,38)(H,34,37)(H,35,39)(H,40,41)/t25-,26-/m0/s1. The van der Waals surface area contributed by atoms with E-state index in [0.717, 1.165) is 16.5 Å². The zero-order chi connectivity index (χ0) is 29.9. The van der Waals surface area contributed by atoms with Gasteiger partial charge in [0.15, 0.2) is 5.76 Å². The second-order valence-electron chi connectivity index (χ2n) is 9.86. The summed E-state index contributed by atoms with van der Waals surface area (Å²) in [6, 6.07) is 23.4. The molecular formula is C32H33N3O7. The number of nitrogens with one attached hydrogen (secondary N) is 3. The van der Waals surface area contributed by atoms with Crippen LogP contribution in [0.4, 0.5) is 0 Å². The van der Waals surface area contributed by atoms with E-state index in [1.165, 1.54) is 12.1 Å². The van der Waals surface area contributed by atoms with Crippen LogP contribution < -0.4 is 16.0 Å². The monoisotopic (exact) mass is 571 g/mol. The third-order valence-electron chi connectivity index (χ3n) is 6.73. The van der Waals surface area contributed by atoms with Gasteiger partial charge in [-0.3, -0.25) is 14.4 Å². The summed E-state index contributed by atoms with van der Waals surface area (Å²) in [5, 5.41) is 28.3. The minimum absolute atomic E-state index is 0.0739. The Kier molecular flexibility index (Phi) is 10.4. The summed E-state index contributed by atoms with van der Waals surface area (Å²) in [6.07, 6.45) is 0.0260. The third kappa shape index (κ3) is 8.52. The summed E-state index contributed by atoms with van der Waals surface area (Å²) >= 11 is 0. The van der Waals surface area contributed by atoms with Crippen LogP contribution in [-0.4, -0.2) is 59.1 Å². The number of carbonyl (C=O) groups is 4. The molecule has 3 amide bonds. The van der Waals surface area contributed by atoms with Gasteiger partial charge in [-0.1, -0.05) is 60.7 Å². The predicted octanol–water partition coefficient (Wildman–Crippen LogP) is 3.09. The van der Waals surface area contributed by atoms with Gasteiger partial charge in [0.05, 0.1) is 5.56 Å². The van der Waals surface area contributed by atoms with Crippen LogP contribution in [0.5, 0.6) is 0 Å². The Morgan fingerprint density at radius 3 is 2.19 bits per heavy atom. The van der Waals surface area contributed by atoms with Crippen molar-refractivity contribution in [1.82, 2.24) is 16.0 Å². The van der Waals surface area contributed by atoms with Crippen molar-refractivity contribution in [3.05, 3.63) is 107 Å². The molecule has 1 heterocycles. The van der Waals surface area contributed by atoms with E-state index in [2.05, 4.69) is 16.0 Å². The number of fused-ring (bicyclic) bond motifs is 1. The number of rotatable bonds is 14. The van der Waals surface area contributed by atoms with Gasteiger partial charge in [-0.2, -0.15) is 0 Å². The molecule has 42 heavy (non-hydrogen) atoms. The molecular weight excluding hydrogens is 538 g/mol. The molecule has 1 aromatic heterocycles. The molecule has 10 heteroatoms. The molecule has 2 atom stereocenters. The molecule has 0 aliphatic heterocycles. The zero-order valence-corrected chi connectivity index (χ0v) is 22.9. The number of aromatic carboxylic acids is 1. The Balaban J connectivity index is 1.32. The molecule has 0 spiro atoms. The largest absolute Gasteiger partial charge is 0.478 e. The molecule has 5 N–H and O–H groups in total. The van der Waals surface area contributed by atoms with Crippen molar-refractivity contribution in [2.75, 3.05) is 13.1 Å². The molecule has 218 valence electrons. The summed E-state index contributed by atoms with van der Waals surface area (Å²) < 4.78 is 5.64. The molecule has 10 nitrogen and oxygen atoms in total. The van der Waals surface area contributed by atoms with Gasteiger partial charge in [-0.15, -0.1) is 0 Å². The first-order valence-electron chi connectivity index (χ1n) is 13.7. The van der Waals surface area contributed by atoms with Crippen molar-refractivity contribution >= 4 is 34.7 Å². The number of hydrogen-bond donors (Lipinski definition) is 5. The van der Waals surface area contributed by atoms with Crippen molar-refractivity contribution < 1.29 is 33.8 Å². The van der Waals surface area contributed by atoms with Gasteiger partial charge in [0, 0.05) is 24.9 Å². The summed E-state index contributed by atoms with van der Waals surface area (Å²) in [5.74, 6) is -2.40. The van der Waals surface area contributed by atoms with Gasteiger partial charge in [0.2, 0.25) is 11.8 Å². The van der Waals surface area contributed by atoms with E-state index in [0.29, 0.717) is 18.4 Å². The van der Waals surface area contributed by atoms with Crippen LogP contribution in [0, 0.1) is 0 Å². The van der Waals surface area contributed by atoms with Crippen molar-refractivity contribution in [2.24, 2.45) is 0 Å². The Morgan fingerprint density at radius 1 is 0.786 bits per heavy atom. The van der Waals surface area contributed by atoms with Crippen molar-refractivity contribution in [3.8, 4) is 0 Å². The van der Waals surface area contributed by atoms with Crippen LogP contribution in [0.3, 0.4) is 0 Å². The SMILES string of the molecule is O=C(O)c1ccc(CCNC(=O)[C@H](CCCNC(=O)[C@@H](O)Cc2ccccc2)NC(=O)c2cc3ccccc3o2)cc1. The highest BCUT2D eigenvalue weighted by Crippen LogP contribution is 2.19. The molecule has 4 aromatic rings. The fraction of sp³-hybridized carbons (Fsp3) is 0.250. The number of aliphatic hydroxyl groups is 1. The number of carboxylic acids is 1. The Labute approximate surface area is 242 Å². The highest BCUT2D eigenvalue weighted by Gasteiger charge is 2.23. The lowest BCUT2D eigenvalue weighted by Gasteiger charge is -2.18. The lowest BCUT2D eigenvalue weighted by molar-refractivity contribution is -0.129. The van der Waals surface area contributed by atoms with Crippen LogP contribution in [0.2, 0.25) is 0 Å². The zero-order valence-electron chi connectivity index (χ0n) is 22.9. The first-order chi connectivity index (χ1) is 20.3. The first-order valence-corrected chi connectivity index (χ1v) is 13.7. The summed E-state index contributed by atoms with van der Waals surface area (Å²) in [5.41, 5.74) is 2.41. The lowest BCUT2D eigenvalue weighted by Crippen LogP contribution is -2.47. The normalized spacial score (nSPS) is 12.3. The number of amides is 3. The van der Waals surface area contributed by atoms with Gasteiger partial charge < -0.3 is 30.6 Å². The Bertz CT molecular complexity index is 1480. The second kappa shape index (κ2) is 14.6. The molecule has 0 unspecified atom stereocenters. The lowest BCUT2D eigenvalue weighted by atomic mass is 10.1. The van der Waals surface area contributed by atoms with Crippen LogP contribution >= 0.6 is 0 Å². The third-order valence-corrected chi connectivity index (χ3v) is 6.73. The van der Waals surface area contributed by atoms with Crippen LogP contribution in [0.1, 0.15) is 44.9 Å². The van der Waals surface area contributed by atoms with Crippen molar-refractivity contribution in [1.29, 1.82) is 0 Å². The predicted molar refractivity (Wildman–Crippen MR) is 156 cm³/mol. The summed E-state index contributed by atoms with van der Waals surface area (Å²) in [6.45, 7) is 0.468. The highest BCUT2D eigenvalue weighted by atomic mass is 16.4. The number of benzene rings is 3. The first kappa shape index (κ1) is 30.0. The molecule has 0 fully saturated rings. The van der Waals surface area contributed by atoms with E-state index >= 15 is 0 Å². The molecule has 0 saturated heterocycles. The van der Waals surface area contributed by atoms with Crippen LogP contribution in [0.25, 0.3) is 11.0 Å². The number of hydrogen-bond acceptors (Lipinski definition) is 6. The molecule has 0 bridgehead atoms. The maximum atomic E-state index is 13.1. The molecule has 0 aliphatic rings. The highest BCUT2D eigenvalue weighted by molar-refractivity contribution is 5.98. The van der Waals surface area contributed by atoms with Gasteiger partial charge in [-0.05, 0) is 54.7 Å². The minimum atomic E-state index is -1.20. The van der Waals surface area contributed by atoms with Gasteiger partial charge in [0.1, 0.15) is 17.7 Å². The molecule has 0 radical (unpaired) electrons. The average molecular weight is 572 g/mol. The molecule has 4 rings (SSSR count). The van der Waals surface area contributed by atoms with Crippen LogP contribution in [0.15, 0.2) is 89.3 Å². The van der Waals surface area contributed by atoms with E-state index in [1.807, 2.05) is 42.5 Å². The number of para-hydroxylation sites is 1. The smallest absolute Gasteiger partial charge is 0.335 e.